The first kappa shape index (κ1) is 13.2. The van der Waals surface area contributed by atoms with Gasteiger partial charge < -0.3 is 16.2 Å². The molecule has 0 atom stereocenters. The highest BCUT2D eigenvalue weighted by molar-refractivity contribution is 6.32. The van der Waals surface area contributed by atoms with Crippen molar-refractivity contribution in [3.8, 4) is 5.75 Å². The number of nitrogens with one attached hydrogen (secondary N) is 1. The Bertz CT molecular complexity index is 647. The molecule has 0 radical (unpaired) electrons. The molecule has 2 aromatic rings. The Morgan fingerprint density at radius 1 is 1.26 bits per heavy atom. The lowest BCUT2D eigenvalue weighted by atomic mass is 10.2. The van der Waals surface area contributed by atoms with Crippen LogP contribution in [0.15, 0.2) is 36.4 Å². The summed E-state index contributed by atoms with van der Waals surface area (Å²) < 4.78 is 13.5. The summed E-state index contributed by atoms with van der Waals surface area (Å²) in [4.78, 5) is 11.9. The van der Waals surface area contributed by atoms with Gasteiger partial charge in [0.1, 0.15) is 11.6 Å². The van der Waals surface area contributed by atoms with Crippen molar-refractivity contribution in [2.75, 3.05) is 11.1 Å². The van der Waals surface area contributed by atoms with Crippen LogP contribution in [0.5, 0.6) is 5.75 Å². The van der Waals surface area contributed by atoms with E-state index in [-0.39, 0.29) is 27.7 Å². The molecule has 0 heterocycles. The number of aromatic hydroxyl groups is 1. The number of phenols is 1. The fraction of sp³-hybridized carbons (Fsp3) is 0. The van der Waals surface area contributed by atoms with Crippen LogP contribution in [0.2, 0.25) is 5.02 Å². The Kier molecular flexibility index (Phi) is 3.57. The van der Waals surface area contributed by atoms with Crippen LogP contribution in [0.3, 0.4) is 0 Å². The Balaban J connectivity index is 2.23. The van der Waals surface area contributed by atoms with E-state index in [9.17, 15) is 14.3 Å². The molecule has 0 spiro atoms. The maximum absolute atomic E-state index is 13.5. The van der Waals surface area contributed by atoms with Crippen molar-refractivity contribution in [1.29, 1.82) is 0 Å². The number of rotatable bonds is 2. The highest BCUT2D eigenvalue weighted by Gasteiger charge is 2.11. The molecule has 98 valence electrons. The number of halogens is 2. The predicted molar refractivity (Wildman–Crippen MR) is 71.9 cm³/mol. The number of amides is 1. The second kappa shape index (κ2) is 5.16. The van der Waals surface area contributed by atoms with E-state index in [1.807, 2.05) is 0 Å². The summed E-state index contributed by atoms with van der Waals surface area (Å²) >= 11 is 5.69. The number of anilines is 2. The summed E-state index contributed by atoms with van der Waals surface area (Å²) in [5, 5.41) is 11.7. The molecule has 1 amide bonds. The number of carbonyl (C=O) groups is 1. The zero-order valence-corrected chi connectivity index (χ0v) is 10.4. The summed E-state index contributed by atoms with van der Waals surface area (Å²) in [6, 6.07) is 7.91. The molecule has 6 heteroatoms. The van der Waals surface area contributed by atoms with Gasteiger partial charge in [0.15, 0.2) is 0 Å². The fourth-order valence-electron chi connectivity index (χ4n) is 1.48. The maximum Gasteiger partial charge on any atom is 0.255 e. The van der Waals surface area contributed by atoms with Crippen molar-refractivity contribution in [1.82, 2.24) is 0 Å². The molecule has 0 saturated carbocycles. The second-order valence-corrected chi connectivity index (χ2v) is 4.27. The average Bonchev–Trinajstić information content (AvgIpc) is 2.36. The molecule has 2 rings (SSSR count). The number of hydrogen-bond donors (Lipinski definition) is 3. The summed E-state index contributed by atoms with van der Waals surface area (Å²) in [7, 11) is 0. The van der Waals surface area contributed by atoms with Crippen LogP contribution >= 0.6 is 11.6 Å². The number of nitrogen functional groups attached to an aromatic ring is 1. The van der Waals surface area contributed by atoms with Crippen molar-refractivity contribution in [2.24, 2.45) is 0 Å². The minimum Gasteiger partial charge on any atom is -0.506 e. The summed E-state index contributed by atoms with van der Waals surface area (Å²) in [6.45, 7) is 0. The third kappa shape index (κ3) is 2.95. The first-order valence-corrected chi connectivity index (χ1v) is 5.70. The molecule has 0 aliphatic heterocycles. The topological polar surface area (TPSA) is 75.3 Å². The van der Waals surface area contributed by atoms with Gasteiger partial charge in [-0.3, -0.25) is 4.79 Å². The molecule has 0 aliphatic rings. The average molecular weight is 281 g/mol. The Morgan fingerprint density at radius 2 is 2.00 bits per heavy atom. The van der Waals surface area contributed by atoms with E-state index in [2.05, 4.69) is 5.32 Å². The fourth-order valence-corrected chi connectivity index (χ4v) is 1.66. The summed E-state index contributed by atoms with van der Waals surface area (Å²) in [6.07, 6.45) is 0. The van der Waals surface area contributed by atoms with Crippen LogP contribution in [0, 0.1) is 5.82 Å². The quantitative estimate of drug-likeness (QED) is 0.740. The Morgan fingerprint density at radius 3 is 2.63 bits per heavy atom. The third-order valence-electron chi connectivity index (χ3n) is 2.45. The van der Waals surface area contributed by atoms with E-state index in [4.69, 9.17) is 17.3 Å². The molecule has 0 aromatic heterocycles. The standard InChI is InChI=1S/C13H10ClFN2O2/c14-9-5-7(1-4-12(9)18)13(19)17-11-3-2-8(16)6-10(11)15/h1-6,18H,16H2,(H,17,19). The van der Waals surface area contributed by atoms with Gasteiger partial charge in [0, 0.05) is 11.3 Å². The molecular weight excluding hydrogens is 271 g/mol. The molecule has 0 aliphatic carbocycles. The largest absolute Gasteiger partial charge is 0.506 e. The van der Waals surface area contributed by atoms with Crippen LogP contribution in [-0.2, 0) is 0 Å². The summed E-state index contributed by atoms with van der Waals surface area (Å²) in [5.74, 6) is -1.29. The monoisotopic (exact) mass is 280 g/mol. The molecule has 0 fully saturated rings. The maximum atomic E-state index is 13.5. The number of carbonyl (C=O) groups excluding carboxylic acids is 1. The Hall–Kier alpha value is -2.27. The van der Waals surface area contributed by atoms with Crippen molar-refractivity contribution in [2.45, 2.75) is 0 Å². The lowest BCUT2D eigenvalue weighted by Gasteiger charge is -2.07. The van der Waals surface area contributed by atoms with E-state index < -0.39 is 11.7 Å². The molecular formula is C13H10ClFN2O2. The summed E-state index contributed by atoms with van der Waals surface area (Å²) in [5.41, 5.74) is 5.90. The number of benzene rings is 2. The van der Waals surface area contributed by atoms with E-state index in [0.717, 1.165) is 6.07 Å². The minimum atomic E-state index is -0.627. The normalized spacial score (nSPS) is 10.2. The molecule has 19 heavy (non-hydrogen) atoms. The zero-order valence-electron chi connectivity index (χ0n) is 9.65. The van der Waals surface area contributed by atoms with Crippen molar-refractivity contribution in [3.63, 3.8) is 0 Å². The third-order valence-corrected chi connectivity index (χ3v) is 2.75. The van der Waals surface area contributed by atoms with Gasteiger partial charge in [0.05, 0.1) is 10.7 Å². The molecule has 4 nitrogen and oxygen atoms in total. The van der Waals surface area contributed by atoms with Crippen molar-refractivity contribution >= 4 is 28.9 Å². The highest BCUT2D eigenvalue weighted by Crippen LogP contribution is 2.24. The van der Waals surface area contributed by atoms with Crippen LogP contribution in [0.25, 0.3) is 0 Å². The second-order valence-electron chi connectivity index (χ2n) is 3.86. The smallest absolute Gasteiger partial charge is 0.255 e. The lowest BCUT2D eigenvalue weighted by Crippen LogP contribution is -2.13. The van der Waals surface area contributed by atoms with E-state index in [1.54, 1.807) is 0 Å². The van der Waals surface area contributed by atoms with Gasteiger partial charge in [-0.1, -0.05) is 11.6 Å². The molecule has 0 unspecified atom stereocenters. The Labute approximate surface area is 113 Å². The minimum absolute atomic E-state index is 0.0170. The van der Waals surface area contributed by atoms with E-state index in [1.165, 1.54) is 30.3 Å². The number of hydrogen-bond acceptors (Lipinski definition) is 3. The predicted octanol–water partition coefficient (Wildman–Crippen LogP) is 3.02. The number of nitrogens with two attached hydrogens (primary N) is 1. The molecule has 2 aromatic carbocycles. The lowest BCUT2D eigenvalue weighted by molar-refractivity contribution is 0.102. The van der Waals surface area contributed by atoms with Gasteiger partial charge in [-0.25, -0.2) is 4.39 Å². The first-order valence-electron chi connectivity index (χ1n) is 5.32. The van der Waals surface area contributed by atoms with Crippen LogP contribution in [-0.4, -0.2) is 11.0 Å². The van der Waals surface area contributed by atoms with Gasteiger partial charge >= 0.3 is 0 Å². The van der Waals surface area contributed by atoms with Crippen molar-refractivity contribution in [3.05, 3.63) is 52.8 Å². The van der Waals surface area contributed by atoms with Gasteiger partial charge in [-0.05, 0) is 36.4 Å². The molecule has 4 N–H and O–H groups in total. The van der Waals surface area contributed by atoms with Gasteiger partial charge in [0.2, 0.25) is 0 Å². The van der Waals surface area contributed by atoms with Crippen LogP contribution in [0.1, 0.15) is 10.4 Å². The number of phenolic OH excluding ortho intramolecular Hbond substituents is 1. The van der Waals surface area contributed by atoms with Gasteiger partial charge in [0.25, 0.3) is 5.91 Å². The molecule has 0 bridgehead atoms. The highest BCUT2D eigenvalue weighted by atomic mass is 35.5. The zero-order chi connectivity index (χ0) is 14.0. The first-order chi connectivity index (χ1) is 8.97. The van der Waals surface area contributed by atoms with Crippen LogP contribution < -0.4 is 11.1 Å². The van der Waals surface area contributed by atoms with Crippen molar-refractivity contribution < 1.29 is 14.3 Å². The SMILES string of the molecule is Nc1ccc(NC(=O)c2ccc(O)c(Cl)c2)c(F)c1. The van der Waals surface area contributed by atoms with Gasteiger partial charge in [-0.2, -0.15) is 0 Å². The van der Waals surface area contributed by atoms with Gasteiger partial charge in [-0.15, -0.1) is 0 Å². The van der Waals surface area contributed by atoms with Crippen LogP contribution in [0.4, 0.5) is 15.8 Å². The van der Waals surface area contributed by atoms with E-state index in [0.29, 0.717) is 0 Å². The molecule has 0 saturated heterocycles. The van der Waals surface area contributed by atoms with E-state index >= 15 is 0 Å².